The first-order valence-electron chi connectivity index (χ1n) is 7.90. The number of benzene rings is 1. The zero-order valence-corrected chi connectivity index (χ0v) is 13.9. The highest BCUT2D eigenvalue weighted by molar-refractivity contribution is 7.99. The lowest BCUT2D eigenvalue weighted by Gasteiger charge is -2.17. The summed E-state index contributed by atoms with van der Waals surface area (Å²) in [6.07, 6.45) is 3.29. The lowest BCUT2D eigenvalue weighted by Crippen LogP contribution is -2.37. The van der Waals surface area contributed by atoms with Gasteiger partial charge in [-0.15, -0.1) is 0 Å². The quantitative estimate of drug-likeness (QED) is 0.774. The van der Waals surface area contributed by atoms with Gasteiger partial charge in [0.2, 0.25) is 0 Å². The van der Waals surface area contributed by atoms with Crippen LogP contribution in [0.25, 0.3) is 0 Å². The molecule has 0 aliphatic heterocycles. The summed E-state index contributed by atoms with van der Waals surface area (Å²) in [4.78, 5) is 0. The molecule has 3 nitrogen and oxygen atoms in total. The van der Waals surface area contributed by atoms with Gasteiger partial charge in [-0.2, -0.15) is 11.8 Å². The molecule has 1 aliphatic rings. The van der Waals surface area contributed by atoms with Gasteiger partial charge in [-0.25, -0.2) is 0 Å². The fraction of sp³-hybridized carbons (Fsp3) is 0.647. The Hall–Kier alpha value is -0.710. The first-order chi connectivity index (χ1) is 10.2. The summed E-state index contributed by atoms with van der Waals surface area (Å²) in [7, 11) is 0. The monoisotopic (exact) mass is 309 g/mol. The Balaban J connectivity index is 1.63. The molecule has 1 aliphatic carbocycles. The van der Waals surface area contributed by atoms with E-state index in [-0.39, 0.29) is 0 Å². The number of aliphatic hydroxyl groups is 1. The van der Waals surface area contributed by atoms with Crippen molar-refractivity contribution in [1.29, 1.82) is 0 Å². The summed E-state index contributed by atoms with van der Waals surface area (Å²) < 4.78 is 5.63. The number of thioether (sulfide) groups is 1. The molecule has 0 spiro atoms. The van der Waals surface area contributed by atoms with Gasteiger partial charge in [-0.1, -0.05) is 19.1 Å². The molecule has 118 valence electrons. The van der Waals surface area contributed by atoms with Crippen LogP contribution in [0.2, 0.25) is 0 Å². The normalized spacial score (nSPS) is 23.2. The molecule has 4 heteroatoms. The average molecular weight is 309 g/mol. The van der Waals surface area contributed by atoms with Crippen molar-refractivity contribution in [2.45, 2.75) is 50.5 Å². The molecule has 3 atom stereocenters. The highest BCUT2D eigenvalue weighted by Crippen LogP contribution is 2.29. The van der Waals surface area contributed by atoms with Crippen LogP contribution in [-0.2, 0) is 0 Å². The molecular formula is C17H27NO2S. The Morgan fingerprint density at radius 2 is 2.29 bits per heavy atom. The van der Waals surface area contributed by atoms with E-state index in [1.54, 1.807) is 0 Å². The Labute approximate surface area is 132 Å². The SMILES string of the molecule is CCSC1CCC(NCC(O)COc2cccc(C)c2)C1. The van der Waals surface area contributed by atoms with Crippen LogP contribution in [0.1, 0.15) is 31.7 Å². The van der Waals surface area contributed by atoms with Crippen LogP contribution in [0.5, 0.6) is 5.75 Å². The van der Waals surface area contributed by atoms with Gasteiger partial charge in [-0.3, -0.25) is 0 Å². The van der Waals surface area contributed by atoms with Gasteiger partial charge in [0.25, 0.3) is 0 Å². The first-order valence-corrected chi connectivity index (χ1v) is 8.94. The highest BCUT2D eigenvalue weighted by Gasteiger charge is 2.24. The molecule has 0 bridgehead atoms. The Bertz CT molecular complexity index is 427. The number of hydrogen-bond acceptors (Lipinski definition) is 4. The van der Waals surface area contributed by atoms with Crippen LogP contribution in [0.15, 0.2) is 24.3 Å². The zero-order chi connectivity index (χ0) is 15.1. The van der Waals surface area contributed by atoms with Crippen LogP contribution < -0.4 is 10.1 Å². The number of ether oxygens (including phenoxy) is 1. The van der Waals surface area contributed by atoms with Crippen molar-refractivity contribution in [3.63, 3.8) is 0 Å². The molecular weight excluding hydrogens is 282 g/mol. The van der Waals surface area contributed by atoms with Crippen molar-refractivity contribution in [1.82, 2.24) is 5.32 Å². The Morgan fingerprint density at radius 3 is 3.05 bits per heavy atom. The fourth-order valence-corrected chi connectivity index (χ4v) is 3.91. The smallest absolute Gasteiger partial charge is 0.119 e. The minimum atomic E-state index is -0.455. The molecule has 2 N–H and O–H groups in total. The van der Waals surface area contributed by atoms with Crippen molar-refractivity contribution in [2.24, 2.45) is 0 Å². The molecule has 3 unspecified atom stereocenters. The average Bonchev–Trinajstić information content (AvgIpc) is 2.91. The van der Waals surface area contributed by atoms with Crippen LogP contribution >= 0.6 is 11.8 Å². The van der Waals surface area contributed by atoms with Gasteiger partial charge in [0, 0.05) is 17.8 Å². The third-order valence-electron chi connectivity index (χ3n) is 3.86. The van der Waals surface area contributed by atoms with E-state index >= 15 is 0 Å². The fourth-order valence-electron chi connectivity index (χ4n) is 2.77. The standard InChI is InChI=1S/C17H27NO2S/c1-3-21-17-8-7-14(10-17)18-11-15(19)12-20-16-6-4-5-13(2)9-16/h4-6,9,14-15,17-19H,3,7-8,10-12H2,1-2H3. The highest BCUT2D eigenvalue weighted by atomic mass is 32.2. The summed E-state index contributed by atoms with van der Waals surface area (Å²) >= 11 is 2.06. The van der Waals surface area contributed by atoms with Gasteiger partial charge >= 0.3 is 0 Å². The number of aliphatic hydroxyl groups excluding tert-OH is 1. The molecule has 21 heavy (non-hydrogen) atoms. The molecule has 0 saturated heterocycles. The zero-order valence-electron chi connectivity index (χ0n) is 13.0. The largest absolute Gasteiger partial charge is 0.491 e. The summed E-state index contributed by atoms with van der Waals surface area (Å²) in [6, 6.07) is 8.48. The maximum Gasteiger partial charge on any atom is 0.119 e. The second-order valence-corrected chi connectivity index (χ2v) is 7.35. The molecule has 1 saturated carbocycles. The molecule has 1 fully saturated rings. The van der Waals surface area contributed by atoms with Crippen molar-refractivity contribution in [2.75, 3.05) is 18.9 Å². The van der Waals surface area contributed by atoms with Crippen molar-refractivity contribution in [3.8, 4) is 5.75 Å². The lowest BCUT2D eigenvalue weighted by atomic mass is 10.2. The summed E-state index contributed by atoms with van der Waals surface area (Å²) in [5.74, 6) is 2.03. The van der Waals surface area contributed by atoms with Gasteiger partial charge in [-0.05, 0) is 49.6 Å². The minimum absolute atomic E-state index is 0.344. The Kier molecular flexibility index (Phi) is 6.87. The third kappa shape index (κ3) is 5.89. The van der Waals surface area contributed by atoms with Gasteiger partial charge < -0.3 is 15.2 Å². The molecule has 0 aromatic heterocycles. The second kappa shape index (κ2) is 8.66. The van der Waals surface area contributed by atoms with E-state index < -0.39 is 6.10 Å². The minimum Gasteiger partial charge on any atom is -0.491 e. The van der Waals surface area contributed by atoms with E-state index in [1.165, 1.54) is 30.6 Å². The van der Waals surface area contributed by atoms with Crippen LogP contribution in [0, 0.1) is 6.92 Å². The molecule has 0 heterocycles. The molecule has 0 radical (unpaired) electrons. The van der Waals surface area contributed by atoms with Crippen molar-refractivity contribution < 1.29 is 9.84 Å². The summed E-state index contributed by atoms with van der Waals surface area (Å²) in [5, 5.41) is 14.3. The van der Waals surface area contributed by atoms with Gasteiger partial charge in [0.15, 0.2) is 0 Å². The molecule has 1 aromatic carbocycles. The van der Waals surface area contributed by atoms with E-state index in [4.69, 9.17) is 4.74 Å². The van der Waals surface area contributed by atoms with E-state index in [1.807, 2.05) is 31.2 Å². The molecule has 2 rings (SSSR count). The molecule has 0 amide bonds. The van der Waals surface area contributed by atoms with E-state index in [0.29, 0.717) is 19.2 Å². The maximum absolute atomic E-state index is 10.0. The summed E-state index contributed by atoms with van der Waals surface area (Å²) in [5.41, 5.74) is 1.17. The number of nitrogens with one attached hydrogen (secondary N) is 1. The number of aryl methyl sites for hydroxylation is 1. The third-order valence-corrected chi connectivity index (χ3v) is 5.09. The Morgan fingerprint density at radius 1 is 1.43 bits per heavy atom. The predicted molar refractivity (Wildman–Crippen MR) is 90.2 cm³/mol. The van der Waals surface area contributed by atoms with Crippen LogP contribution in [0.4, 0.5) is 0 Å². The van der Waals surface area contributed by atoms with E-state index in [9.17, 15) is 5.11 Å². The number of rotatable bonds is 8. The summed E-state index contributed by atoms with van der Waals surface area (Å²) in [6.45, 7) is 5.21. The van der Waals surface area contributed by atoms with Crippen molar-refractivity contribution >= 4 is 11.8 Å². The first kappa shape index (κ1) is 16.7. The maximum atomic E-state index is 10.0. The topological polar surface area (TPSA) is 41.5 Å². The van der Waals surface area contributed by atoms with Gasteiger partial charge in [0.1, 0.15) is 18.5 Å². The van der Waals surface area contributed by atoms with E-state index in [2.05, 4.69) is 24.0 Å². The van der Waals surface area contributed by atoms with Crippen molar-refractivity contribution in [3.05, 3.63) is 29.8 Å². The lowest BCUT2D eigenvalue weighted by molar-refractivity contribution is 0.104. The second-order valence-electron chi connectivity index (χ2n) is 5.78. The molecule has 1 aromatic rings. The van der Waals surface area contributed by atoms with Crippen LogP contribution in [-0.4, -0.2) is 41.4 Å². The van der Waals surface area contributed by atoms with Crippen LogP contribution in [0.3, 0.4) is 0 Å². The van der Waals surface area contributed by atoms with E-state index in [0.717, 1.165) is 11.0 Å². The van der Waals surface area contributed by atoms with Gasteiger partial charge in [0.05, 0.1) is 0 Å². The number of hydrogen-bond donors (Lipinski definition) is 2. The predicted octanol–water partition coefficient (Wildman–Crippen LogP) is 3.00.